The van der Waals surface area contributed by atoms with Crippen LogP contribution in [0.25, 0.3) is 6.08 Å². The van der Waals surface area contributed by atoms with Gasteiger partial charge in [0.15, 0.2) is 5.75 Å². The van der Waals surface area contributed by atoms with Crippen molar-refractivity contribution in [3.63, 3.8) is 0 Å². The number of carbonyl (C=O) groups excluding carboxylic acids is 3. The Morgan fingerprint density at radius 3 is 2.32 bits per heavy atom. The molecule has 1 saturated heterocycles. The van der Waals surface area contributed by atoms with Crippen LogP contribution in [0.2, 0.25) is 5.02 Å². The van der Waals surface area contributed by atoms with Crippen LogP contribution >= 0.6 is 43.5 Å². The number of hydrogen-bond donors (Lipinski definition) is 1. The molecule has 0 saturated carbocycles. The van der Waals surface area contributed by atoms with Crippen molar-refractivity contribution in [3.8, 4) is 5.75 Å². The first-order valence-electron chi connectivity index (χ1n) is 9.76. The van der Waals surface area contributed by atoms with Gasteiger partial charge >= 0.3 is 6.03 Å². The lowest BCUT2D eigenvalue weighted by Crippen LogP contribution is -2.54. The molecule has 172 valence electrons. The van der Waals surface area contributed by atoms with Crippen molar-refractivity contribution < 1.29 is 23.5 Å². The summed E-state index contributed by atoms with van der Waals surface area (Å²) in [5.41, 5.74) is 1.27. The number of urea groups is 1. The van der Waals surface area contributed by atoms with Crippen molar-refractivity contribution in [1.82, 2.24) is 5.32 Å². The normalized spacial score (nSPS) is 15.0. The van der Waals surface area contributed by atoms with Gasteiger partial charge in [-0.15, -0.1) is 0 Å². The molecule has 1 aliphatic rings. The quantitative estimate of drug-likeness (QED) is 0.275. The Morgan fingerprint density at radius 2 is 1.68 bits per heavy atom. The van der Waals surface area contributed by atoms with Gasteiger partial charge in [-0.25, -0.2) is 14.1 Å². The molecule has 34 heavy (non-hydrogen) atoms. The molecule has 4 amide bonds. The third kappa shape index (κ3) is 5.22. The first-order valence-corrected chi connectivity index (χ1v) is 11.7. The summed E-state index contributed by atoms with van der Waals surface area (Å²) in [6.07, 6.45) is 1.34. The number of benzene rings is 3. The summed E-state index contributed by atoms with van der Waals surface area (Å²) in [5, 5.41) is 2.41. The van der Waals surface area contributed by atoms with Crippen LogP contribution in [0, 0.1) is 5.82 Å². The number of halogens is 4. The average Bonchev–Trinajstić information content (AvgIpc) is 2.78. The lowest BCUT2D eigenvalue weighted by molar-refractivity contribution is -0.122. The molecule has 0 bridgehead atoms. The van der Waals surface area contributed by atoms with E-state index in [1.54, 1.807) is 42.5 Å². The molecule has 0 aromatic heterocycles. The highest BCUT2D eigenvalue weighted by Crippen LogP contribution is 2.36. The molecule has 0 atom stereocenters. The molecule has 1 fully saturated rings. The Balaban J connectivity index is 1.60. The molecule has 10 heteroatoms. The molecule has 6 nitrogen and oxygen atoms in total. The topological polar surface area (TPSA) is 75.7 Å². The summed E-state index contributed by atoms with van der Waals surface area (Å²) in [7, 11) is 0. The fourth-order valence-corrected chi connectivity index (χ4v) is 4.44. The second-order valence-electron chi connectivity index (χ2n) is 7.16. The number of carbonyl (C=O) groups is 3. The molecule has 1 aliphatic heterocycles. The minimum Gasteiger partial charge on any atom is -0.486 e. The van der Waals surface area contributed by atoms with Gasteiger partial charge < -0.3 is 4.74 Å². The van der Waals surface area contributed by atoms with Gasteiger partial charge in [-0.3, -0.25) is 14.9 Å². The number of amides is 4. The molecule has 1 heterocycles. The van der Waals surface area contributed by atoms with Crippen LogP contribution in [0.1, 0.15) is 11.1 Å². The first-order chi connectivity index (χ1) is 16.2. The molecule has 3 aromatic carbocycles. The van der Waals surface area contributed by atoms with Crippen LogP contribution in [0.4, 0.5) is 14.9 Å². The molecule has 0 unspecified atom stereocenters. The minimum atomic E-state index is -0.835. The van der Waals surface area contributed by atoms with E-state index in [1.807, 2.05) is 0 Å². The summed E-state index contributed by atoms with van der Waals surface area (Å²) < 4.78 is 20.1. The van der Waals surface area contributed by atoms with Crippen LogP contribution in [0.15, 0.2) is 75.2 Å². The van der Waals surface area contributed by atoms with Gasteiger partial charge in [-0.1, -0.05) is 39.7 Å². The third-order valence-electron chi connectivity index (χ3n) is 4.81. The Labute approximate surface area is 215 Å². The number of rotatable bonds is 5. The summed E-state index contributed by atoms with van der Waals surface area (Å²) in [5.74, 6) is -1.58. The Bertz CT molecular complexity index is 1300. The number of nitrogens with one attached hydrogen (secondary N) is 1. The zero-order valence-corrected chi connectivity index (χ0v) is 21.1. The Kier molecular flexibility index (Phi) is 7.16. The van der Waals surface area contributed by atoms with Crippen LogP contribution in [-0.4, -0.2) is 17.8 Å². The van der Waals surface area contributed by atoms with Crippen molar-refractivity contribution >= 4 is 73.1 Å². The molecule has 1 N–H and O–H groups in total. The van der Waals surface area contributed by atoms with Gasteiger partial charge in [0.1, 0.15) is 18.0 Å². The predicted octanol–water partition coefficient (Wildman–Crippen LogP) is 6.25. The van der Waals surface area contributed by atoms with E-state index in [2.05, 4.69) is 37.2 Å². The van der Waals surface area contributed by atoms with E-state index in [1.165, 1.54) is 24.3 Å². The highest BCUT2D eigenvalue weighted by Gasteiger charge is 2.36. The van der Waals surface area contributed by atoms with Gasteiger partial charge in [0.25, 0.3) is 11.8 Å². The van der Waals surface area contributed by atoms with E-state index in [0.717, 1.165) is 14.9 Å². The highest BCUT2D eigenvalue weighted by molar-refractivity contribution is 9.10. The van der Waals surface area contributed by atoms with Crippen molar-refractivity contribution in [1.29, 1.82) is 0 Å². The molecule has 0 radical (unpaired) electrons. The number of ether oxygens (including phenoxy) is 1. The standard InChI is InChI=1S/C24H14Br2ClFN2O4/c25-15-3-7-17(8-4-15)30-23(32)18(22(31)29-24(30)33)9-14-10-19(26)21(20(27)11-14)34-12-13-1-5-16(28)6-2-13/h1-11H,12H2,(H,29,31,33)/b18-9+. The number of nitrogens with zero attached hydrogens (tertiary/aromatic N) is 1. The Hall–Kier alpha value is -3.01. The van der Waals surface area contributed by atoms with Gasteiger partial charge in [0.05, 0.1) is 15.2 Å². The predicted molar refractivity (Wildman–Crippen MR) is 133 cm³/mol. The zero-order valence-electron chi connectivity index (χ0n) is 17.2. The van der Waals surface area contributed by atoms with Gasteiger partial charge in [-0.2, -0.15) is 0 Å². The Morgan fingerprint density at radius 1 is 1.00 bits per heavy atom. The molecule has 0 spiro atoms. The van der Waals surface area contributed by atoms with E-state index < -0.39 is 17.8 Å². The third-order valence-corrected chi connectivity index (χ3v) is 6.21. The molecular weight excluding hydrogens is 595 g/mol. The van der Waals surface area contributed by atoms with Crippen LogP contribution in [0.5, 0.6) is 5.75 Å². The fraction of sp³-hybridized carbons (Fsp3) is 0.0417. The molecular formula is C24H14Br2ClFN2O4. The van der Waals surface area contributed by atoms with Gasteiger partial charge in [0, 0.05) is 4.47 Å². The van der Waals surface area contributed by atoms with Crippen LogP contribution in [-0.2, 0) is 16.2 Å². The second-order valence-corrected chi connectivity index (χ2v) is 9.34. The fourth-order valence-electron chi connectivity index (χ4n) is 3.19. The number of hydrogen-bond acceptors (Lipinski definition) is 4. The van der Waals surface area contributed by atoms with Crippen molar-refractivity contribution in [2.24, 2.45) is 0 Å². The van der Waals surface area contributed by atoms with Crippen LogP contribution in [0.3, 0.4) is 0 Å². The maximum Gasteiger partial charge on any atom is 0.335 e. The monoisotopic (exact) mass is 606 g/mol. The largest absolute Gasteiger partial charge is 0.486 e. The SMILES string of the molecule is O=C1NC(=O)N(c2ccc(Br)cc2)C(=O)/C1=C/c1cc(Cl)c(OCc2ccc(F)cc2)c(Br)c1. The number of imide groups is 2. The first kappa shape index (κ1) is 24.1. The van der Waals surface area contributed by atoms with Crippen molar-refractivity contribution in [3.05, 3.63) is 97.1 Å². The molecule has 3 aromatic rings. The molecule has 4 rings (SSSR count). The molecule has 0 aliphatic carbocycles. The van der Waals surface area contributed by atoms with E-state index in [4.69, 9.17) is 16.3 Å². The van der Waals surface area contributed by atoms with E-state index in [9.17, 15) is 18.8 Å². The smallest absolute Gasteiger partial charge is 0.335 e. The number of barbiturate groups is 1. The lowest BCUT2D eigenvalue weighted by atomic mass is 10.1. The highest BCUT2D eigenvalue weighted by atomic mass is 79.9. The average molecular weight is 609 g/mol. The van der Waals surface area contributed by atoms with E-state index >= 15 is 0 Å². The minimum absolute atomic E-state index is 0.157. The van der Waals surface area contributed by atoms with Crippen molar-refractivity contribution in [2.45, 2.75) is 6.61 Å². The maximum atomic E-state index is 13.1. The summed E-state index contributed by atoms with van der Waals surface area (Å²) in [4.78, 5) is 38.7. The summed E-state index contributed by atoms with van der Waals surface area (Å²) >= 11 is 13.1. The zero-order chi connectivity index (χ0) is 24.4. The van der Waals surface area contributed by atoms with Crippen molar-refractivity contribution in [2.75, 3.05) is 4.90 Å². The van der Waals surface area contributed by atoms with E-state index in [-0.39, 0.29) is 23.0 Å². The van der Waals surface area contributed by atoms with Gasteiger partial charge in [0.2, 0.25) is 0 Å². The van der Waals surface area contributed by atoms with Gasteiger partial charge in [-0.05, 0) is 81.7 Å². The number of anilines is 1. The summed E-state index contributed by atoms with van der Waals surface area (Å²) in [6.45, 7) is 0.157. The lowest BCUT2D eigenvalue weighted by Gasteiger charge is -2.26. The van der Waals surface area contributed by atoms with Crippen LogP contribution < -0.4 is 15.0 Å². The second kappa shape index (κ2) is 10.1. The summed E-state index contributed by atoms with van der Waals surface area (Å²) in [6, 6.07) is 14.7. The maximum absolute atomic E-state index is 13.1. The van der Waals surface area contributed by atoms with E-state index in [0.29, 0.717) is 21.5 Å².